The van der Waals surface area contributed by atoms with E-state index in [0.29, 0.717) is 24.6 Å². The number of rotatable bonds is 5. The van der Waals surface area contributed by atoms with Crippen molar-refractivity contribution >= 4 is 5.91 Å². The SMILES string of the molecule is O=C(Cn1cccn1)N1CCCCC1c1ncc(Cc2cccc(F)c2)o1. The molecule has 7 heteroatoms. The van der Waals surface area contributed by atoms with Gasteiger partial charge in [0.25, 0.3) is 0 Å². The number of benzene rings is 1. The van der Waals surface area contributed by atoms with Crippen LogP contribution in [0.1, 0.15) is 42.5 Å². The van der Waals surface area contributed by atoms with Gasteiger partial charge in [0.15, 0.2) is 0 Å². The zero-order valence-electron chi connectivity index (χ0n) is 14.9. The molecule has 1 atom stereocenters. The van der Waals surface area contributed by atoms with E-state index in [4.69, 9.17) is 4.42 Å². The van der Waals surface area contributed by atoms with E-state index >= 15 is 0 Å². The zero-order valence-corrected chi connectivity index (χ0v) is 14.9. The maximum Gasteiger partial charge on any atom is 0.244 e. The number of hydrogen-bond acceptors (Lipinski definition) is 4. The van der Waals surface area contributed by atoms with Crippen LogP contribution in [0.4, 0.5) is 4.39 Å². The number of amides is 1. The summed E-state index contributed by atoms with van der Waals surface area (Å²) < 4.78 is 20.9. The van der Waals surface area contributed by atoms with E-state index in [2.05, 4.69) is 10.1 Å². The molecule has 3 heterocycles. The Morgan fingerprint density at radius 2 is 2.22 bits per heavy atom. The molecule has 4 rings (SSSR count). The zero-order chi connectivity index (χ0) is 18.6. The van der Waals surface area contributed by atoms with Gasteiger partial charge in [-0.1, -0.05) is 12.1 Å². The third-order valence-electron chi connectivity index (χ3n) is 4.80. The fraction of sp³-hybridized carbons (Fsp3) is 0.350. The van der Waals surface area contributed by atoms with E-state index in [-0.39, 0.29) is 24.3 Å². The second kappa shape index (κ2) is 7.73. The molecular weight excluding hydrogens is 347 g/mol. The van der Waals surface area contributed by atoms with Crippen molar-refractivity contribution in [3.05, 3.63) is 72.0 Å². The highest BCUT2D eigenvalue weighted by molar-refractivity contribution is 5.76. The average Bonchev–Trinajstić information content (AvgIpc) is 3.34. The molecule has 140 valence electrons. The molecule has 0 aliphatic carbocycles. The van der Waals surface area contributed by atoms with Crippen molar-refractivity contribution in [2.24, 2.45) is 0 Å². The van der Waals surface area contributed by atoms with Gasteiger partial charge < -0.3 is 9.32 Å². The van der Waals surface area contributed by atoms with E-state index in [1.165, 1.54) is 12.1 Å². The van der Waals surface area contributed by atoms with E-state index in [1.807, 2.05) is 11.0 Å². The Balaban J connectivity index is 1.48. The predicted octanol–water partition coefficient (Wildman–Crippen LogP) is 3.35. The summed E-state index contributed by atoms with van der Waals surface area (Å²) in [6.07, 6.45) is 8.40. The molecule has 2 aromatic heterocycles. The summed E-state index contributed by atoms with van der Waals surface area (Å²) in [5, 5.41) is 4.11. The molecule has 1 amide bonds. The number of carbonyl (C=O) groups excluding carboxylic acids is 1. The largest absolute Gasteiger partial charge is 0.443 e. The van der Waals surface area contributed by atoms with Crippen LogP contribution in [0.3, 0.4) is 0 Å². The van der Waals surface area contributed by atoms with E-state index in [9.17, 15) is 9.18 Å². The van der Waals surface area contributed by atoms with Gasteiger partial charge in [0.2, 0.25) is 11.8 Å². The standard InChI is InChI=1S/C20H21FN4O2/c21-16-6-3-5-15(11-16)12-17-13-22-20(27-17)18-7-1-2-10-25(18)19(26)14-24-9-4-8-23-24/h3-6,8-9,11,13,18H,1-2,7,10,12,14H2. The van der Waals surface area contributed by atoms with E-state index in [0.717, 1.165) is 24.8 Å². The smallest absolute Gasteiger partial charge is 0.244 e. The molecule has 1 aliphatic rings. The van der Waals surface area contributed by atoms with Crippen molar-refractivity contribution in [2.75, 3.05) is 6.54 Å². The molecule has 6 nitrogen and oxygen atoms in total. The lowest BCUT2D eigenvalue weighted by Gasteiger charge is -2.33. The Hall–Kier alpha value is -2.96. The number of carbonyl (C=O) groups is 1. The second-order valence-corrected chi connectivity index (χ2v) is 6.77. The van der Waals surface area contributed by atoms with Crippen LogP contribution in [-0.4, -0.2) is 32.1 Å². The molecule has 0 radical (unpaired) electrons. The highest BCUT2D eigenvalue weighted by Gasteiger charge is 2.31. The minimum absolute atomic E-state index is 0.00767. The minimum atomic E-state index is -0.269. The van der Waals surface area contributed by atoms with Gasteiger partial charge in [0, 0.05) is 25.4 Å². The van der Waals surface area contributed by atoms with Crippen LogP contribution in [-0.2, 0) is 17.8 Å². The maximum atomic E-state index is 13.4. The Morgan fingerprint density at radius 3 is 3.04 bits per heavy atom. The lowest BCUT2D eigenvalue weighted by Crippen LogP contribution is -2.40. The molecule has 1 fully saturated rings. The lowest BCUT2D eigenvalue weighted by molar-refractivity contribution is -0.136. The summed E-state index contributed by atoms with van der Waals surface area (Å²) in [6, 6.07) is 8.07. The number of hydrogen-bond donors (Lipinski definition) is 0. The van der Waals surface area contributed by atoms with Crippen LogP contribution in [0.25, 0.3) is 0 Å². The van der Waals surface area contributed by atoms with Crippen molar-refractivity contribution in [3.8, 4) is 0 Å². The second-order valence-electron chi connectivity index (χ2n) is 6.77. The predicted molar refractivity (Wildman–Crippen MR) is 96.2 cm³/mol. The number of piperidine rings is 1. The third kappa shape index (κ3) is 4.07. The summed E-state index contributed by atoms with van der Waals surface area (Å²) in [7, 11) is 0. The fourth-order valence-corrected chi connectivity index (χ4v) is 3.52. The van der Waals surface area contributed by atoms with Crippen LogP contribution in [0.5, 0.6) is 0 Å². The van der Waals surface area contributed by atoms with E-state index in [1.54, 1.807) is 35.4 Å². The van der Waals surface area contributed by atoms with Gasteiger partial charge in [0.1, 0.15) is 24.2 Å². The molecule has 1 aromatic carbocycles. The Kier molecular flexibility index (Phi) is 5.00. The Bertz CT molecular complexity index is 906. The van der Waals surface area contributed by atoms with Crippen molar-refractivity contribution in [1.29, 1.82) is 0 Å². The molecule has 0 N–H and O–H groups in total. The maximum absolute atomic E-state index is 13.4. The first-order valence-corrected chi connectivity index (χ1v) is 9.15. The molecule has 1 aliphatic heterocycles. The molecule has 27 heavy (non-hydrogen) atoms. The summed E-state index contributed by atoms with van der Waals surface area (Å²) in [5.74, 6) is 0.957. The van der Waals surface area contributed by atoms with Crippen LogP contribution in [0, 0.1) is 5.82 Å². The van der Waals surface area contributed by atoms with Crippen LogP contribution >= 0.6 is 0 Å². The summed E-state index contributed by atoms with van der Waals surface area (Å²) >= 11 is 0. The third-order valence-corrected chi connectivity index (χ3v) is 4.80. The van der Waals surface area contributed by atoms with Crippen LogP contribution < -0.4 is 0 Å². The monoisotopic (exact) mass is 368 g/mol. The van der Waals surface area contributed by atoms with Crippen molar-refractivity contribution < 1.29 is 13.6 Å². The topological polar surface area (TPSA) is 64.2 Å². The summed E-state index contributed by atoms with van der Waals surface area (Å²) in [4.78, 5) is 19.0. The molecule has 0 spiro atoms. The molecule has 0 bridgehead atoms. The van der Waals surface area contributed by atoms with Crippen LogP contribution in [0.15, 0.2) is 53.3 Å². The average molecular weight is 368 g/mol. The van der Waals surface area contributed by atoms with Gasteiger partial charge in [-0.05, 0) is 43.0 Å². The number of nitrogens with zero attached hydrogens (tertiary/aromatic N) is 4. The van der Waals surface area contributed by atoms with Crippen molar-refractivity contribution in [1.82, 2.24) is 19.7 Å². The first-order chi connectivity index (χ1) is 13.2. The van der Waals surface area contributed by atoms with Crippen LogP contribution in [0.2, 0.25) is 0 Å². The quantitative estimate of drug-likeness (QED) is 0.693. The number of oxazole rings is 1. The summed E-state index contributed by atoms with van der Waals surface area (Å²) in [6.45, 7) is 0.896. The lowest BCUT2D eigenvalue weighted by atomic mass is 10.0. The fourth-order valence-electron chi connectivity index (χ4n) is 3.52. The van der Waals surface area contributed by atoms with Crippen molar-refractivity contribution in [2.45, 2.75) is 38.3 Å². The highest BCUT2D eigenvalue weighted by atomic mass is 19.1. The first kappa shape index (κ1) is 17.5. The number of aromatic nitrogens is 3. The summed E-state index contributed by atoms with van der Waals surface area (Å²) in [5.41, 5.74) is 0.827. The van der Waals surface area contributed by atoms with Gasteiger partial charge in [-0.25, -0.2) is 9.37 Å². The van der Waals surface area contributed by atoms with Gasteiger partial charge in [-0.2, -0.15) is 5.10 Å². The van der Waals surface area contributed by atoms with Gasteiger partial charge >= 0.3 is 0 Å². The Labute approximate surface area is 156 Å². The molecular formula is C20H21FN4O2. The van der Waals surface area contributed by atoms with Gasteiger partial charge in [0.05, 0.1) is 6.20 Å². The molecule has 1 saturated heterocycles. The number of halogens is 1. The van der Waals surface area contributed by atoms with Gasteiger partial charge in [-0.3, -0.25) is 9.48 Å². The molecule has 3 aromatic rings. The first-order valence-electron chi connectivity index (χ1n) is 9.15. The van der Waals surface area contributed by atoms with Crippen molar-refractivity contribution in [3.63, 3.8) is 0 Å². The van der Waals surface area contributed by atoms with Gasteiger partial charge in [-0.15, -0.1) is 0 Å². The Morgan fingerprint density at radius 1 is 1.30 bits per heavy atom. The normalized spacial score (nSPS) is 17.2. The highest BCUT2D eigenvalue weighted by Crippen LogP contribution is 2.31. The van der Waals surface area contributed by atoms with E-state index < -0.39 is 0 Å². The molecule has 1 unspecified atom stereocenters. The number of likely N-dealkylation sites (tertiary alicyclic amines) is 1. The molecule has 0 saturated carbocycles. The minimum Gasteiger partial charge on any atom is -0.443 e.